The van der Waals surface area contributed by atoms with Crippen molar-refractivity contribution in [1.29, 1.82) is 0 Å². The fourth-order valence-electron chi connectivity index (χ4n) is 3.75. The second-order valence-corrected chi connectivity index (χ2v) is 6.93. The molecule has 7 heteroatoms. The summed E-state index contributed by atoms with van der Waals surface area (Å²) in [4.78, 5) is 32.8. The molecule has 140 valence electrons. The van der Waals surface area contributed by atoms with Gasteiger partial charge < -0.3 is 10.2 Å². The number of nitrogens with zero attached hydrogens (tertiary/aromatic N) is 3. The summed E-state index contributed by atoms with van der Waals surface area (Å²) in [6, 6.07) is 9.15. The van der Waals surface area contributed by atoms with E-state index in [1.54, 1.807) is 17.0 Å². The summed E-state index contributed by atoms with van der Waals surface area (Å²) in [5.74, 6) is -0.144. The summed E-state index contributed by atoms with van der Waals surface area (Å²) in [5, 5.41) is 2.72. The average Bonchev–Trinajstić information content (AvgIpc) is 3.32. The fourth-order valence-corrected chi connectivity index (χ4v) is 3.75. The highest BCUT2D eigenvalue weighted by Crippen LogP contribution is 2.28. The van der Waals surface area contributed by atoms with E-state index >= 15 is 0 Å². The standard InChI is InChI=1S/C20H21FN4O2/c21-15-7-5-14(6-8-15)19(26)23-16-9-10-18(22-13-16)25-12-11-24(20(25)27)17-3-1-2-4-17/h5-10,13,17H,1-4,11-12H2,(H,23,26). The van der Waals surface area contributed by atoms with E-state index in [-0.39, 0.29) is 17.8 Å². The van der Waals surface area contributed by atoms with Gasteiger partial charge in [-0.1, -0.05) is 12.8 Å². The molecule has 3 amide bonds. The SMILES string of the molecule is O=C(Nc1ccc(N2CCN(C3CCCC3)C2=O)nc1)c1ccc(F)cc1. The molecule has 1 aliphatic carbocycles. The lowest BCUT2D eigenvalue weighted by Crippen LogP contribution is -2.38. The fraction of sp³-hybridized carbons (Fsp3) is 0.350. The van der Waals surface area contributed by atoms with E-state index in [9.17, 15) is 14.0 Å². The van der Waals surface area contributed by atoms with E-state index in [0.29, 0.717) is 29.7 Å². The molecular formula is C20H21FN4O2. The number of carbonyl (C=O) groups is 2. The molecule has 27 heavy (non-hydrogen) atoms. The van der Waals surface area contributed by atoms with Gasteiger partial charge in [-0.05, 0) is 49.2 Å². The Bertz CT molecular complexity index is 832. The first kappa shape index (κ1) is 17.5. The van der Waals surface area contributed by atoms with Gasteiger partial charge in [-0.2, -0.15) is 0 Å². The maximum Gasteiger partial charge on any atom is 0.326 e. The highest BCUT2D eigenvalue weighted by atomic mass is 19.1. The predicted octanol–water partition coefficient (Wildman–Crippen LogP) is 3.66. The number of rotatable bonds is 4. The zero-order valence-corrected chi connectivity index (χ0v) is 14.9. The van der Waals surface area contributed by atoms with Crippen molar-refractivity contribution >= 4 is 23.4 Å². The minimum atomic E-state index is -0.389. The molecule has 2 heterocycles. The molecule has 1 saturated heterocycles. The van der Waals surface area contributed by atoms with Crippen LogP contribution in [0.4, 0.5) is 20.7 Å². The molecule has 1 aliphatic heterocycles. The third-order valence-electron chi connectivity index (χ3n) is 5.20. The van der Waals surface area contributed by atoms with Gasteiger partial charge in [-0.15, -0.1) is 0 Å². The first-order valence-electron chi connectivity index (χ1n) is 9.23. The van der Waals surface area contributed by atoms with Crippen molar-refractivity contribution < 1.29 is 14.0 Å². The number of amides is 3. The average molecular weight is 368 g/mol. The molecule has 1 aromatic carbocycles. The largest absolute Gasteiger partial charge is 0.326 e. The maximum absolute atomic E-state index is 12.9. The van der Waals surface area contributed by atoms with Crippen molar-refractivity contribution in [3.63, 3.8) is 0 Å². The molecule has 4 rings (SSSR count). The number of pyridine rings is 1. The lowest BCUT2D eigenvalue weighted by Gasteiger charge is -2.23. The van der Waals surface area contributed by atoms with Crippen LogP contribution in [-0.4, -0.2) is 41.0 Å². The summed E-state index contributed by atoms with van der Waals surface area (Å²) < 4.78 is 12.9. The number of hydrogen-bond acceptors (Lipinski definition) is 3. The Kier molecular flexibility index (Phi) is 4.75. The molecule has 0 atom stereocenters. The summed E-state index contributed by atoms with van der Waals surface area (Å²) in [5.41, 5.74) is 0.884. The minimum Gasteiger partial charge on any atom is -0.321 e. The molecule has 0 spiro atoms. The monoisotopic (exact) mass is 368 g/mol. The first-order chi connectivity index (χ1) is 13.1. The van der Waals surface area contributed by atoms with Crippen LogP contribution in [0.1, 0.15) is 36.0 Å². The van der Waals surface area contributed by atoms with Gasteiger partial charge in [0.05, 0.1) is 11.9 Å². The summed E-state index contributed by atoms with van der Waals surface area (Å²) in [6.07, 6.45) is 6.08. The van der Waals surface area contributed by atoms with Gasteiger partial charge in [0.2, 0.25) is 0 Å². The van der Waals surface area contributed by atoms with Gasteiger partial charge in [-0.25, -0.2) is 14.2 Å². The van der Waals surface area contributed by atoms with Crippen LogP contribution >= 0.6 is 0 Å². The van der Waals surface area contributed by atoms with Crippen molar-refractivity contribution in [3.8, 4) is 0 Å². The van der Waals surface area contributed by atoms with Crippen LogP contribution in [0.5, 0.6) is 0 Å². The first-order valence-corrected chi connectivity index (χ1v) is 9.23. The number of nitrogens with one attached hydrogen (secondary N) is 1. The van der Waals surface area contributed by atoms with Crippen LogP contribution < -0.4 is 10.2 Å². The van der Waals surface area contributed by atoms with Crippen molar-refractivity contribution in [2.24, 2.45) is 0 Å². The second-order valence-electron chi connectivity index (χ2n) is 6.93. The highest BCUT2D eigenvalue weighted by molar-refractivity contribution is 6.04. The molecule has 0 radical (unpaired) electrons. The quantitative estimate of drug-likeness (QED) is 0.896. The van der Waals surface area contributed by atoms with E-state index in [4.69, 9.17) is 0 Å². The van der Waals surface area contributed by atoms with Gasteiger partial charge in [0, 0.05) is 24.7 Å². The van der Waals surface area contributed by atoms with Crippen LogP contribution in [-0.2, 0) is 0 Å². The minimum absolute atomic E-state index is 0.0116. The lowest BCUT2D eigenvalue weighted by molar-refractivity contribution is 0.102. The Morgan fingerprint density at radius 1 is 1.07 bits per heavy atom. The molecule has 1 aromatic heterocycles. The third kappa shape index (κ3) is 3.63. The highest BCUT2D eigenvalue weighted by Gasteiger charge is 2.36. The van der Waals surface area contributed by atoms with Crippen LogP contribution in [0.25, 0.3) is 0 Å². The lowest BCUT2D eigenvalue weighted by atomic mass is 10.2. The van der Waals surface area contributed by atoms with Crippen LogP contribution in [0.3, 0.4) is 0 Å². The predicted molar refractivity (Wildman–Crippen MR) is 100 cm³/mol. The normalized spacial score (nSPS) is 17.6. The Morgan fingerprint density at radius 3 is 2.48 bits per heavy atom. The molecule has 2 aromatic rings. The van der Waals surface area contributed by atoms with Crippen LogP contribution in [0.2, 0.25) is 0 Å². The number of halogens is 1. The second kappa shape index (κ2) is 7.34. The topological polar surface area (TPSA) is 65.5 Å². The van der Waals surface area contributed by atoms with Gasteiger partial charge in [0.15, 0.2) is 0 Å². The number of aromatic nitrogens is 1. The van der Waals surface area contributed by atoms with Gasteiger partial charge in [-0.3, -0.25) is 9.69 Å². The molecular weight excluding hydrogens is 347 g/mol. The number of anilines is 2. The zero-order valence-electron chi connectivity index (χ0n) is 14.9. The number of hydrogen-bond donors (Lipinski definition) is 1. The smallest absolute Gasteiger partial charge is 0.321 e. The summed E-state index contributed by atoms with van der Waals surface area (Å²) in [7, 11) is 0. The summed E-state index contributed by atoms with van der Waals surface area (Å²) >= 11 is 0. The van der Waals surface area contributed by atoms with E-state index in [1.807, 2.05) is 4.90 Å². The van der Waals surface area contributed by atoms with E-state index in [2.05, 4.69) is 10.3 Å². The van der Waals surface area contributed by atoms with Crippen molar-refractivity contribution in [2.75, 3.05) is 23.3 Å². The Labute approximate surface area is 157 Å². The van der Waals surface area contributed by atoms with E-state index in [1.165, 1.54) is 43.3 Å². The Hall–Kier alpha value is -2.96. The molecule has 6 nitrogen and oxygen atoms in total. The molecule has 1 N–H and O–H groups in total. The molecule has 0 bridgehead atoms. The van der Waals surface area contributed by atoms with Crippen LogP contribution in [0.15, 0.2) is 42.6 Å². The third-order valence-corrected chi connectivity index (χ3v) is 5.20. The van der Waals surface area contributed by atoms with Crippen molar-refractivity contribution in [1.82, 2.24) is 9.88 Å². The van der Waals surface area contributed by atoms with Gasteiger partial charge in [0.25, 0.3) is 5.91 Å². The van der Waals surface area contributed by atoms with Crippen LogP contribution in [0, 0.1) is 5.82 Å². The number of urea groups is 1. The van der Waals surface area contributed by atoms with E-state index < -0.39 is 0 Å². The summed E-state index contributed by atoms with van der Waals surface area (Å²) in [6.45, 7) is 1.36. The number of carbonyl (C=O) groups excluding carboxylic acids is 2. The Morgan fingerprint density at radius 2 is 1.81 bits per heavy atom. The molecule has 2 fully saturated rings. The van der Waals surface area contributed by atoms with Gasteiger partial charge >= 0.3 is 6.03 Å². The number of benzene rings is 1. The van der Waals surface area contributed by atoms with Gasteiger partial charge in [0.1, 0.15) is 11.6 Å². The molecule has 0 unspecified atom stereocenters. The van der Waals surface area contributed by atoms with Crippen molar-refractivity contribution in [2.45, 2.75) is 31.7 Å². The van der Waals surface area contributed by atoms with E-state index in [0.717, 1.165) is 19.4 Å². The van der Waals surface area contributed by atoms with Crippen molar-refractivity contribution in [3.05, 3.63) is 54.0 Å². The molecule has 2 aliphatic rings. The Balaban J connectivity index is 1.41. The zero-order chi connectivity index (χ0) is 18.8. The molecule has 1 saturated carbocycles. The maximum atomic E-state index is 12.9.